The van der Waals surface area contributed by atoms with E-state index in [9.17, 15) is 4.79 Å². The maximum Gasteiger partial charge on any atom is 0.264 e. The van der Waals surface area contributed by atoms with Crippen molar-refractivity contribution in [2.24, 2.45) is 0 Å². The Labute approximate surface area is 93.5 Å². The van der Waals surface area contributed by atoms with E-state index >= 15 is 0 Å². The molecule has 0 radical (unpaired) electrons. The number of hydrogen-bond donors (Lipinski definition) is 1. The Morgan fingerprint density at radius 3 is 2.50 bits per heavy atom. The minimum atomic E-state index is -0.0639. The van der Waals surface area contributed by atoms with Crippen LogP contribution < -0.4 is 10.3 Å². The Balaban J connectivity index is 2.20. The van der Waals surface area contributed by atoms with Crippen molar-refractivity contribution in [2.45, 2.75) is 13.5 Å². The van der Waals surface area contributed by atoms with E-state index in [0.29, 0.717) is 6.54 Å². The molecule has 0 aliphatic heterocycles. The SMILES string of the molecule is COc1ccc(Cn2[nH]c(=O)cc2C)cc1. The molecule has 0 bridgehead atoms. The third-order valence-corrected chi connectivity index (χ3v) is 2.51. The van der Waals surface area contributed by atoms with E-state index in [4.69, 9.17) is 4.74 Å². The van der Waals surface area contributed by atoms with Gasteiger partial charge in [-0.25, -0.2) is 0 Å². The summed E-state index contributed by atoms with van der Waals surface area (Å²) in [6, 6.07) is 9.37. The molecule has 2 aromatic rings. The molecule has 2 rings (SSSR count). The van der Waals surface area contributed by atoms with Crippen molar-refractivity contribution in [3.05, 3.63) is 51.9 Å². The van der Waals surface area contributed by atoms with Gasteiger partial charge in [-0.05, 0) is 24.6 Å². The molecule has 0 unspecified atom stereocenters. The van der Waals surface area contributed by atoms with E-state index in [1.807, 2.05) is 35.9 Å². The average Bonchev–Trinajstić information content (AvgIpc) is 2.59. The third kappa shape index (κ3) is 2.16. The van der Waals surface area contributed by atoms with Crippen LogP contribution in [0.5, 0.6) is 5.75 Å². The zero-order chi connectivity index (χ0) is 11.5. The summed E-state index contributed by atoms with van der Waals surface area (Å²) >= 11 is 0. The second-order valence-electron chi connectivity index (χ2n) is 3.70. The van der Waals surface area contributed by atoms with Crippen LogP contribution in [0.1, 0.15) is 11.3 Å². The fourth-order valence-electron chi connectivity index (χ4n) is 1.60. The fraction of sp³-hybridized carbons (Fsp3) is 0.250. The maximum atomic E-state index is 11.1. The lowest BCUT2D eigenvalue weighted by atomic mass is 10.2. The molecule has 1 aromatic heterocycles. The Kier molecular flexibility index (Phi) is 2.81. The molecule has 0 saturated carbocycles. The smallest absolute Gasteiger partial charge is 0.264 e. The van der Waals surface area contributed by atoms with Gasteiger partial charge < -0.3 is 4.74 Å². The monoisotopic (exact) mass is 218 g/mol. The summed E-state index contributed by atoms with van der Waals surface area (Å²) in [5.74, 6) is 0.835. The highest BCUT2D eigenvalue weighted by molar-refractivity contribution is 5.27. The van der Waals surface area contributed by atoms with Crippen LogP contribution in [-0.2, 0) is 6.54 Å². The largest absolute Gasteiger partial charge is 0.497 e. The molecular formula is C12H14N2O2. The van der Waals surface area contributed by atoms with Crippen LogP contribution in [0, 0.1) is 6.92 Å². The molecular weight excluding hydrogens is 204 g/mol. The number of nitrogens with zero attached hydrogens (tertiary/aromatic N) is 1. The van der Waals surface area contributed by atoms with Crippen LogP contribution >= 0.6 is 0 Å². The standard InChI is InChI=1S/C12H14N2O2/c1-9-7-12(15)13-14(9)8-10-3-5-11(16-2)6-4-10/h3-7H,8H2,1-2H3,(H,13,15). The van der Waals surface area contributed by atoms with Gasteiger partial charge in [0, 0.05) is 11.8 Å². The Bertz CT molecular complexity index is 523. The van der Waals surface area contributed by atoms with Crippen molar-refractivity contribution < 1.29 is 4.74 Å². The first-order valence-electron chi connectivity index (χ1n) is 5.08. The number of aromatic nitrogens is 2. The molecule has 0 saturated heterocycles. The summed E-state index contributed by atoms with van der Waals surface area (Å²) in [5, 5.41) is 2.75. The minimum Gasteiger partial charge on any atom is -0.497 e. The molecule has 4 nitrogen and oxygen atoms in total. The molecule has 0 fully saturated rings. The predicted molar refractivity (Wildman–Crippen MR) is 61.9 cm³/mol. The molecule has 0 spiro atoms. The lowest BCUT2D eigenvalue weighted by Gasteiger charge is -2.06. The van der Waals surface area contributed by atoms with Crippen molar-refractivity contribution in [3.63, 3.8) is 0 Å². The lowest BCUT2D eigenvalue weighted by Crippen LogP contribution is -2.07. The molecule has 1 heterocycles. The summed E-state index contributed by atoms with van der Waals surface area (Å²) in [6.45, 7) is 2.57. The number of aromatic amines is 1. The average molecular weight is 218 g/mol. The normalized spacial score (nSPS) is 10.4. The second-order valence-corrected chi connectivity index (χ2v) is 3.70. The summed E-state index contributed by atoms with van der Waals surface area (Å²) in [7, 11) is 1.64. The van der Waals surface area contributed by atoms with Gasteiger partial charge in [0.05, 0.1) is 13.7 Å². The van der Waals surface area contributed by atoms with Gasteiger partial charge in [-0.2, -0.15) is 0 Å². The first-order chi connectivity index (χ1) is 7.69. The van der Waals surface area contributed by atoms with Crippen molar-refractivity contribution in [1.82, 2.24) is 9.78 Å². The topological polar surface area (TPSA) is 47.0 Å². The number of methoxy groups -OCH3 is 1. The van der Waals surface area contributed by atoms with E-state index in [2.05, 4.69) is 5.10 Å². The summed E-state index contributed by atoms with van der Waals surface area (Å²) in [5.41, 5.74) is 1.99. The second kappa shape index (κ2) is 4.26. The highest BCUT2D eigenvalue weighted by atomic mass is 16.5. The number of hydrogen-bond acceptors (Lipinski definition) is 2. The number of benzene rings is 1. The van der Waals surface area contributed by atoms with E-state index < -0.39 is 0 Å². The first kappa shape index (κ1) is 10.5. The number of nitrogens with one attached hydrogen (secondary N) is 1. The van der Waals surface area contributed by atoms with Crippen LogP contribution in [-0.4, -0.2) is 16.9 Å². The number of aryl methyl sites for hydroxylation is 1. The van der Waals surface area contributed by atoms with Gasteiger partial charge >= 0.3 is 0 Å². The Hall–Kier alpha value is -1.97. The van der Waals surface area contributed by atoms with Crippen molar-refractivity contribution in [3.8, 4) is 5.75 Å². The van der Waals surface area contributed by atoms with Crippen LogP contribution in [0.25, 0.3) is 0 Å². The summed E-state index contributed by atoms with van der Waals surface area (Å²) in [6.07, 6.45) is 0. The van der Waals surface area contributed by atoms with E-state index in [0.717, 1.165) is 17.0 Å². The van der Waals surface area contributed by atoms with Gasteiger partial charge in [-0.15, -0.1) is 0 Å². The van der Waals surface area contributed by atoms with E-state index in [1.165, 1.54) is 0 Å². The van der Waals surface area contributed by atoms with Gasteiger partial charge in [0.25, 0.3) is 5.56 Å². The van der Waals surface area contributed by atoms with Crippen molar-refractivity contribution >= 4 is 0 Å². The molecule has 0 atom stereocenters. The summed E-state index contributed by atoms with van der Waals surface area (Å²) in [4.78, 5) is 11.1. The molecule has 4 heteroatoms. The van der Waals surface area contributed by atoms with E-state index in [1.54, 1.807) is 13.2 Å². The Morgan fingerprint density at radius 1 is 1.31 bits per heavy atom. The quantitative estimate of drug-likeness (QED) is 0.849. The molecule has 1 N–H and O–H groups in total. The molecule has 0 aliphatic carbocycles. The van der Waals surface area contributed by atoms with Crippen LogP contribution in [0.4, 0.5) is 0 Å². The van der Waals surface area contributed by atoms with Crippen LogP contribution in [0.3, 0.4) is 0 Å². The zero-order valence-corrected chi connectivity index (χ0v) is 9.36. The molecule has 84 valence electrons. The van der Waals surface area contributed by atoms with Crippen molar-refractivity contribution in [1.29, 1.82) is 0 Å². The summed E-state index contributed by atoms with van der Waals surface area (Å²) < 4.78 is 6.91. The highest BCUT2D eigenvalue weighted by Crippen LogP contribution is 2.12. The zero-order valence-electron chi connectivity index (χ0n) is 9.36. The minimum absolute atomic E-state index is 0.0639. The van der Waals surface area contributed by atoms with Gasteiger partial charge in [0.15, 0.2) is 0 Å². The molecule has 1 aromatic carbocycles. The van der Waals surface area contributed by atoms with Crippen LogP contribution in [0.2, 0.25) is 0 Å². The number of rotatable bonds is 3. The number of H-pyrrole nitrogens is 1. The lowest BCUT2D eigenvalue weighted by molar-refractivity contribution is 0.414. The van der Waals surface area contributed by atoms with Gasteiger partial charge in [-0.1, -0.05) is 12.1 Å². The molecule has 0 aliphatic rings. The van der Waals surface area contributed by atoms with Gasteiger partial charge in [0.2, 0.25) is 0 Å². The first-order valence-corrected chi connectivity index (χ1v) is 5.08. The van der Waals surface area contributed by atoms with E-state index in [-0.39, 0.29) is 5.56 Å². The third-order valence-electron chi connectivity index (χ3n) is 2.51. The maximum absolute atomic E-state index is 11.1. The van der Waals surface area contributed by atoms with Crippen LogP contribution in [0.15, 0.2) is 35.1 Å². The number of ether oxygens (including phenoxy) is 1. The predicted octanol–water partition coefficient (Wildman–Crippen LogP) is 1.54. The van der Waals surface area contributed by atoms with Gasteiger partial charge in [-0.3, -0.25) is 14.6 Å². The molecule has 16 heavy (non-hydrogen) atoms. The Morgan fingerprint density at radius 2 is 2.00 bits per heavy atom. The highest BCUT2D eigenvalue weighted by Gasteiger charge is 2.00. The molecule has 0 amide bonds. The van der Waals surface area contributed by atoms with Gasteiger partial charge in [0.1, 0.15) is 5.75 Å². The fourth-order valence-corrected chi connectivity index (χ4v) is 1.60. The van der Waals surface area contributed by atoms with Crippen molar-refractivity contribution in [2.75, 3.05) is 7.11 Å².